The summed E-state index contributed by atoms with van der Waals surface area (Å²) in [5, 5.41) is 5.65. The summed E-state index contributed by atoms with van der Waals surface area (Å²) in [6, 6.07) is 0. The van der Waals surface area contributed by atoms with Crippen LogP contribution in [0.1, 0.15) is 12.1 Å². The zero-order valence-corrected chi connectivity index (χ0v) is 9.87. The molecule has 0 saturated carbocycles. The van der Waals surface area contributed by atoms with Crippen molar-refractivity contribution in [2.24, 2.45) is 5.92 Å². The Morgan fingerprint density at radius 3 is 3.29 bits per heavy atom. The average Bonchev–Trinajstić information content (AvgIpc) is 2.86. The van der Waals surface area contributed by atoms with Gasteiger partial charge >= 0.3 is 0 Å². The fourth-order valence-corrected chi connectivity index (χ4v) is 3.51. The van der Waals surface area contributed by atoms with E-state index in [-0.39, 0.29) is 0 Å². The molecule has 0 spiro atoms. The van der Waals surface area contributed by atoms with E-state index in [1.807, 2.05) is 5.51 Å². The van der Waals surface area contributed by atoms with Crippen molar-refractivity contribution in [1.29, 1.82) is 0 Å². The Balaban J connectivity index is 1.55. The van der Waals surface area contributed by atoms with Crippen LogP contribution in [0.3, 0.4) is 0 Å². The van der Waals surface area contributed by atoms with Crippen molar-refractivity contribution in [3.05, 3.63) is 16.6 Å². The highest BCUT2D eigenvalue weighted by molar-refractivity contribution is 7.99. The van der Waals surface area contributed by atoms with E-state index >= 15 is 0 Å². The average molecular weight is 228 g/mol. The van der Waals surface area contributed by atoms with Crippen molar-refractivity contribution < 1.29 is 0 Å². The molecule has 1 aliphatic rings. The SMILES string of the molecule is c1nc(CCNCC2CCSC2)cs1. The van der Waals surface area contributed by atoms with Crippen LogP contribution in [0.2, 0.25) is 0 Å². The number of nitrogens with one attached hydrogen (secondary N) is 1. The largest absolute Gasteiger partial charge is 0.316 e. The second kappa shape index (κ2) is 5.73. The standard InChI is InChI=1S/C10H16N2S2/c1(10-7-14-8-12-10)3-11-5-9-2-4-13-6-9/h7-9,11H,1-6H2. The van der Waals surface area contributed by atoms with E-state index in [0.29, 0.717) is 0 Å². The molecule has 2 heterocycles. The zero-order chi connectivity index (χ0) is 9.64. The summed E-state index contributed by atoms with van der Waals surface area (Å²) in [7, 11) is 0. The summed E-state index contributed by atoms with van der Waals surface area (Å²) < 4.78 is 0. The molecule has 1 N–H and O–H groups in total. The molecule has 1 atom stereocenters. The van der Waals surface area contributed by atoms with Gasteiger partial charge in [0.05, 0.1) is 11.2 Å². The maximum atomic E-state index is 4.26. The Morgan fingerprint density at radius 2 is 2.57 bits per heavy atom. The summed E-state index contributed by atoms with van der Waals surface area (Å²) in [4.78, 5) is 4.26. The number of hydrogen-bond donors (Lipinski definition) is 1. The van der Waals surface area contributed by atoms with Gasteiger partial charge in [0.15, 0.2) is 0 Å². The quantitative estimate of drug-likeness (QED) is 0.781. The van der Waals surface area contributed by atoms with E-state index in [9.17, 15) is 0 Å². The lowest BCUT2D eigenvalue weighted by molar-refractivity contribution is 0.524. The van der Waals surface area contributed by atoms with E-state index in [4.69, 9.17) is 0 Å². The predicted octanol–water partition coefficient (Wildman–Crippen LogP) is 2.03. The normalized spacial score (nSPS) is 21.6. The van der Waals surface area contributed by atoms with E-state index < -0.39 is 0 Å². The lowest BCUT2D eigenvalue weighted by Crippen LogP contribution is -2.24. The van der Waals surface area contributed by atoms with Crippen molar-refractivity contribution in [3.63, 3.8) is 0 Å². The summed E-state index contributed by atoms with van der Waals surface area (Å²) >= 11 is 3.77. The Hall–Kier alpha value is -0.0600. The third-order valence-corrected chi connectivity index (χ3v) is 4.37. The van der Waals surface area contributed by atoms with Gasteiger partial charge in [-0.3, -0.25) is 0 Å². The highest BCUT2D eigenvalue weighted by Crippen LogP contribution is 2.22. The lowest BCUT2D eigenvalue weighted by Gasteiger charge is -2.08. The van der Waals surface area contributed by atoms with Crippen LogP contribution in [0.4, 0.5) is 0 Å². The van der Waals surface area contributed by atoms with Crippen LogP contribution >= 0.6 is 23.1 Å². The molecule has 0 aliphatic carbocycles. The van der Waals surface area contributed by atoms with Crippen LogP contribution in [-0.4, -0.2) is 29.6 Å². The number of thiazole rings is 1. The number of hydrogen-bond acceptors (Lipinski definition) is 4. The number of nitrogens with zero attached hydrogens (tertiary/aromatic N) is 1. The Morgan fingerprint density at radius 1 is 1.57 bits per heavy atom. The molecule has 1 aromatic heterocycles. The molecule has 78 valence electrons. The molecule has 1 aromatic rings. The number of thioether (sulfide) groups is 1. The van der Waals surface area contributed by atoms with E-state index in [0.717, 1.165) is 18.9 Å². The van der Waals surface area contributed by atoms with Gasteiger partial charge < -0.3 is 5.32 Å². The van der Waals surface area contributed by atoms with Crippen molar-refractivity contribution in [3.8, 4) is 0 Å². The highest BCUT2D eigenvalue weighted by Gasteiger charge is 2.14. The van der Waals surface area contributed by atoms with Crippen LogP contribution in [0, 0.1) is 5.92 Å². The Labute approximate surface area is 93.5 Å². The topological polar surface area (TPSA) is 24.9 Å². The van der Waals surface area contributed by atoms with Gasteiger partial charge in [-0.2, -0.15) is 11.8 Å². The first-order valence-corrected chi connectivity index (χ1v) is 7.20. The van der Waals surface area contributed by atoms with Crippen molar-refractivity contribution in [1.82, 2.24) is 10.3 Å². The number of rotatable bonds is 5. The molecule has 2 rings (SSSR count). The number of aromatic nitrogens is 1. The summed E-state index contributed by atoms with van der Waals surface area (Å²) in [5.41, 5.74) is 3.13. The lowest BCUT2D eigenvalue weighted by atomic mass is 10.1. The van der Waals surface area contributed by atoms with Gasteiger partial charge in [0.2, 0.25) is 0 Å². The van der Waals surface area contributed by atoms with Crippen LogP contribution < -0.4 is 5.32 Å². The summed E-state index contributed by atoms with van der Waals surface area (Å²) in [5.74, 6) is 3.62. The van der Waals surface area contributed by atoms with Crippen molar-refractivity contribution in [2.75, 3.05) is 24.6 Å². The fraction of sp³-hybridized carbons (Fsp3) is 0.700. The van der Waals surface area contributed by atoms with Crippen LogP contribution in [0.25, 0.3) is 0 Å². The van der Waals surface area contributed by atoms with Crippen LogP contribution in [0.15, 0.2) is 10.9 Å². The van der Waals surface area contributed by atoms with Gasteiger partial charge in [-0.1, -0.05) is 0 Å². The maximum absolute atomic E-state index is 4.26. The minimum Gasteiger partial charge on any atom is -0.316 e. The second-order valence-electron chi connectivity index (χ2n) is 3.66. The molecule has 1 saturated heterocycles. The van der Waals surface area contributed by atoms with Gasteiger partial charge in [0, 0.05) is 18.3 Å². The maximum Gasteiger partial charge on any atom is 0.0794 e. The smallest absolute Gasteiger partial charge is 0.0794 e. The first-order chi connectivity index (χ1) is 6.95. The second-order valence-corrected chi connectivity index (χ2v) is 5.53. The van der Waals surface area contributed by atoms with Crippen molar-refractivity contribution in [2.45, 2.75) is 12.8 Å². The summed E-state index contributed by atoms with van der Waals surface area (Å²) in [6.45, 7) is 2.27. The van der Waals surface area contributed by atoms with Gasteiger partial charge in [0.1, 0.15) is 0 Å². The molecule has 0 amide bonds. The van der Waals surface area contributed by atoms with Gasteiger partial charge in [-0.15, -0.1) is 11.3 Å². The van der Waals surface area contributed by atoms with Crippen LogP contribution in [0.5, 0.6) is 0 Å². The highest BCUT2D eigenvalue weighted by atomic mass is 32.2. The molecule has 0 aromatic carbocycles. The Kier molecular flexibility index (Phi) is 4.28. The molecule has 4 heteroatoms. The molecule has 1 fully saturated rings. The van der Waals surface area contributed by atoms with Gasteiger partial charge in [0.25, 0.3) is 0 Å². The molecule has 2 nitrogen and oxygen atoms in total. The summed E-state index contributed by atoms with van der Waals surface area (Å²) in [6.07, 6.45) is 2.47. The Bertz CT molecular complexity index is 243. The fourth-order valence-electron chi connectivity index (χ4n) is 1.63. The van der Waals surface area contributed by atoms with Crippen LogP contribution in [-0.2, 0) is 6.42 Å². The monoisotopic (exact) mass is 228 g/mol. The third kappa shape index (κ3) is 3.26. The van der Waals surface area contributed by atoms with E-state index in [1.165, 1.54) is 30.2 Å². The molecule has 0 radical (unpaired) electrons. The molecular formula is C10H16N2S2. The van der Waals surface area contributed by atoms with E-state index in [2.05, 4.69) is 27.4 Å². The van der Waals surface area contributed by atoms with Crippen molar-refractivity contribution >= 4 is 23.1 Å². The first-order valence-electron chi connectivity index (χ1n) is 5.10. The predicted molar refractivity (Wildman–Crippen MR) is 64.1 cm³/mol. The first kappa shape index (κ1) is 10.5. The minimum absolute atomic E-state index is 0.912. The molecule has 14 heavy (non-hydrogen) atoms. The van der Waals surface area contributed by atoms with E-state index in [1.54, 1.807) is 11.3 Å². The molecule has 1 aliphatic heterocycles. The zero-order valence-electron chi connectivity index (χ0n) is 8.24. The third-order valence-electron chi connectivity index (χ3n) is 2.50. The van der Waals surface area contributed by atoms with Gasteiger partial charge in [-0.05, 0) is 30.4 Å². The minimum atomic E-state index is 0.912. The molecule has 0 bridgehead atoms. The molecule has 1 unspecified atom stereocenters. The van der Waals surface area contributed by atoms with Gasteiger partial charge in [-0.25, -0.2) is 4.98 Å². The molecular weight excluding hydrogens is 212 g/mol.